The van der Waals surface area contributed by atoms with E-state index in [1.165, 1.54) is 5.56 Å². The second kappa shape index (κ2) is 5.51. The summed E-state index contributed by atoms with van der Waals surface area (Å²) in [5.41, 5.74) is 2.37. The lowest BCUT2D eigenvalue weighted by Gasteiger charge is -2.38. The Kier molecular flexibility index (Phi) is 4.16. The summed E-state index contributed by atoms with van der Waals surface area (Å²) in [7, 11) is 2.00. The summed E-state index contributed by atoms with van der Waals surface area (Å²) in [5, 5.41) is 7.95. The van der Waals surface area contributed by atoms with E-state index in [2.05, 4.69) is 43.0 Å². The Bertz CT molecular complexity index is 439. The Hall–Kier alpha value is -1.07. The van der Waals surface area contributed by atoms with Crippen LogP contribution >= 0.6 is 0 Å². The molecule has 1 fully saturated rings. The van der Waals surface area contributed by atoms with Crippen molar-refractivity contribution in [3.8, 4) is 0 Å². The fourth-order valence-electron chi connectivity index (χ4n) is 2.75. The standard InChI is InChI=1S/C14H26N4O/c1-6-15-13-12(11(2)16-17(13)5)9-18-7-8-19-14(3,4)10-18/h15H,6-10H2,1-5H3. The van der Waals surface area contributed by atoms with Crippen LogP contribution in [0.25, 0.3) is 0 Å². The summed E-state index contributed by atoms with van der Waals surface area (Å²) in [6.07, 6.45) is 0. The molecule has 0 spiro atoms. The number of anilines is 1. The van der Waals surface area contributed by atoms with Crippen molar-refractivity contribution in [1.29, 1.82) is 0 Å². The summed E-state index contributed by atoms with van der Waals surface area (Å²) < 4.78 is 7.71. The molecule has 5 heteroatoms. The quantitative estimate of drug-likeness (QED) is 0.902. The molecule has 5 nitrogen and oxygen atoms in total. The normalized spacial score (nSPS) is 19.6. The second-order valence-corrected chi connectivity index (χ2v) is 5.89. The van der Waals surface area contributed by atoms with Gasteiger partial charge >= 0.3 is 0 Å². The van der Waals surface area contributed by atoms with Crippen LogP contribution in [0.4, 0.5) is 5.82 Å². The third-order valence-electron chi connectivity index (χ3n) is 3.58. The maximum absolute atomic E-state index is 5.77. The van der Waals surface area contributed by atoms with Crippen LogP contribution in [0.15, 0.2) is 0 Å². The predicted octanol–water partition coefficient (Wildman–Crippen LogP) is 1.77. The maximum Gasteiger partial charge on any atom is 0.128 e. The van der Waals surface area contributed by atoms with Gasteiger partial charge in [-0.05, 0) is 27.7 Å². The Morgan fingerprint density at radius 2 is 2.16 bits per heavy atom. The SMILES string of the molecule is CCNc1c(CN2CCOC(C)(C)C2)c(C)nn1C. The molecule has 1 N–H and O–H groups in total. The lowest BCUT2D eigenvalue weighted by atomic mass is 10.1. The average Bonchev–Trinajstić information content (AvgIpc) is 2.55. The van der Waals surface area contributed by atoms with Crippen LogP contribution < -0.4 is 5.32 Å². The van der Waals surface area contributed by atoms with Gasteiger partial charge in [0.15, 0.2) is 0 Å². The van der Waals surface area contributed by atoms with Crippen LogP contribution in [0.3, 0.4) is 0 Å². The minimum Gasteiger partial charge on any atom is -0.373 e. The molecular formula is C14H26N4O. The Morgan fingerprint density at radius 3 is 2.79 bits per heavy atom. The summed E-state index contributed by atoms with van der Waals surface area (Å²) >= 11 is 0. The first kappa shape index (κ1) is 14.3. The van der Waals surface area contributed by atoms with Gasteiger partial charge < -0.3 is 10.1 Å². The van der Waals surface area contributed by atoms with Crippen LogP contribution in [-0.4, -0.2) is 46.5 Å². The van der Waals surface area contributed by atoms with Crippen molar-refractivity contribution < 1.29 is 4.74 Å². The van der Waals surface area contributed by atoms with Gasteiger partial charge in [-0.2, -0.15) is 5.10 Å². The van der Waals surface area contributed by atoms with Gasteiger partial charge in [0.1, 0.15) is 5.82 Å². The highest BCUT2D eigenvalue weighted by Gasteiger charge is 2.28. The first-order valence-electron chi connectivity index (χ1n) is 7.05. The van der Waals surface area contributed by atoms with Gasteiger partial charge in [-0.3, -0.25) is 9.58 Å². The molecule has 0 bridgehead atoms. The van der Waals surface area contributed by atoms with E-state index < -0.39 is 0 Å². The smallest absolute Gasteiger partial charge is 0.128 e. The fourth-order valence-corrected chi connectivity index (χ4v) is 2.75. The molecule has 0 atom stereocenters. The Labute approximate surface area is 115 Å². The number of nitrogens with zero attached hydrogens (tertiary/aromatic N) is 3. The number of aromatic nitrogens is 2. The average molecular weight is 266 g/mol. The Balaban J connectivity index is 2.14. The molecule has 1 aliphatic heterocycles. The van der Waals surface area contributed by atoms with E-state index >= 15 is 0 Å². The van der Waals surface area contributed by atoms with Crippen molar-refractivity contribution in [2.24, 2.45) is 7.05 Å². The van der Waals surface area contributed by atoms with Crippen LogP contribution in [0.1, 0.15) is 32.0 Å². The number of ether oxygens (including phenoxy) is 1. The van der Waals surface area contributed by atoms with Gasteiger partial charge in [-0.25, -0.2) is 0 Å². The van der Waals surface area contributed by atoms with Crippen LogP contribution in [-0.2, 0) is 18.3 Å². The highest BCUT2D eigenvalue weighted by atomic mass is 16.5. The minimum absolute atomic E-state index is 0.0489. The largest absolute Gasteiger partial charge is 0.373 e. The van der Waals surface area contributed by atoms with Gasteiger partial charge in [-0.1, -0.05) is 0 Å². The summed E-state index contributed by atoms with van der Waals surface area (Å²) in [4.78, 5) is 2.45. The molecule has 0 unspecified atom stereocenters. The van der Waals surface area contributed by atoms with Gasteiger partial charge in [0.25, 0.3) is 0 Å². The molecule has 108 valence electrons. The molecule has 0 radical (unpaired) electrons. The Morgan fingerprint density at radius 1 is 1.42 bits per heavy atom. The van der Waals surface area contributed by atoms with Crippen molar-refractivity contribution in [1.82, 2.24) is 14.7 Å². The van der Waals surface area contributed by atoms with Crippen molar-refractivity contribution in [2.75, 3.05) is 31.6 Å². The number of hydrogen-bond acceptors (Lipinski definition) is 4. The van der Waals surface area contributed by atoms with Crippen LogP contribution in [0, 0.1) is 6.92 Å². The zero-order valence-electron chi connectivity index (χ0n) is 12.8. The molecule has 0 saturated carbocycles. The topological polar surface area (TPSA) is 42.3 Å². The summed E-state index contributed by atoms with van der Waals surface area (Å²) in [5.74, 6) is 1.14. The number of nitrogens with one attached hydrogen (secondary N) is 1. The molecule has 0 amide bonds. The summed E-state index contributed by atoms with van der Waals surface area (Å²) in [6, 6.07) is 0. The zero-order chi connectivity index (χ0) is 14.0. The molecule has 0 aliphatic carbocycles. The third-order valence-corrected chi connectivity index (χ3v) is 3.58. The van der Waals surface area contributed by atoms with E-state index in [1.54, 1.807) is 0 Å². The molecule has 0 aromatic carbocycles. The first-order valence-corrected chi connectivity index (χ1v) is 7.05. The molecule has 1 aromatic rings. The van der Waals surface area contributed by atoms with E-state index in [9.17, 15) is 0 Å². The highest BCUT2D eigenvalue weighted by molar-refractivity contribution is 5.47. The van der Waals surface area contributed by atoms with E-state index in [0.29, 0.717) is 0 Å². The lowest BCUT2D eigenvalue weighted by molar-refractivity contribution is -0.0882. The van der Waals surface area contributed by atoms with E-state index in [0.717, 1.165) is 44.3 Å². The molecule has 2 heterocycles. The van der Waals surface area contributed by atoms with Crippen molar-refractivity contribution >= 4 is 5.82 Å². The number of rotatable bonds is 4. The number of hydrogen-bond donors (Lipinski definition) is 1. The van der Waals surface area contributed by atoms with Gasteiger partial charge in [0.2, 0.25) is 0 Å². The third kappa shape index (κ3) is 3.28. The van der Waals surface area contributed by atoms with Gasteiger partial charge in [-0.15, -0.1) is 0 Å². The monoisotopic (exact) mass is 266 g/mol. The molecule has 19 heavy (non-hydrogen) atoms. The summed E-state index contributed by atoms with van der Waals surface area (Å²) in [6.45, 7) is 13.1. The van der Waals surface area contributed by atoms with Crippen molar-refractivity contribution in [3.05, 3.63) is 11.3 Å². The molecular weight excluding hydrogens is 240 g/mol. The molecule has 2 rings (SSSR count). The van der Waals surface area contributed by atoms with Crippen molar-refractivity contribution in [2.45, 2.75) is 39.8 Å². The number of aryl methyl sites for hydroxylation is 2. The van der Waals surface area contributed by atoms with Gasteiger partial charge in [0, 0.05) is 38.8 Å². The van der Waals surface area contributed by atoms with Crippen LogP contribution in [0.2, 0.25) is 0 Å². The van der Waals surface area contributed by atoms with E-state index in [4.69, 9.17) is 4.74 Å². The van der Waals surface area contributed by atoms with Crippen molar-refractivity contribution in [3.63, 3.8) is 0 Å². The second-order valence-electron chi connectivity index (χ2n) is 5.89. The molecule has 1 aromatic heterocycles. The minimum atomic E-state index is -0.0489. The first-order chi connectivity index (χ1) is 8.93. The number of morpholine rings is 1. The zero-order valence-corrected chi connectivity index (χ0v) is 12.8. The molecule has 1 aliphatic rings. The maximum atomic E-state index is 5.77. The highest BCUT2D eigenvalue weighted by Crippen LogP contribution is 2.24. The van der Waals surface area contributed by atoms with E-state index in [1.807, 2.05) is 11.7 Å². The fraction of sp³-hybridized carbons (Fsp3) is 0.786. The lowest BCUT2D eigenvalue weighted by Crippen LogP contribution is -2.47. The van der Waals surface area contributed by atoms with E-state index in [-0.39, 0.29) is 5.60 Å². The van der Waals surface area contributed by atoms with Gasteiger partial charge in [0.05, 0.1) is 17.9 Å². The predicted molar refractivity (Wildman–Crippen MR) is 77.4 cm³/mol. The van der Waals surface area contributed by atoms with Crippen LogP contribution in [0.5, 0.6) is 0 Å². The molecule has 1 saturated heterocycles.